The topological polar surface area (TPSA) is 64.2 Å². The highest BCUT2D eigenvalue weighted by molar-refractivity contribution is 5.95. The Kier molecular flexibility index (Phi) is 5.44. The van der Waals surface area contributed by atoms with Gasteiger partial charge >= 0.3 is 0 Å². The fraction of sp³-hybridized carbons (Fsp3) is 0.412. The van der Waals surface area contributed by atoms with E-state index < -0.39 is 0 Å². The monoisotopic (exact) mass is 334 g/mol. The summed E-state index contributed by atoms with van der Waals surface area (Å²) in [6.45, 7) is 5.40. The van der Waals surface area contributed by atoms with Crippen molar-refractivity contribution in [1.29, 1.82) is 0 Å². The molecule has 2 atom stereocenters. The fourth-order valence-electron chi connectivity index (χ4n) is 3.20. The number of rotatable bonds is 3. The third kappa shape index (κ3) is 3.26. The number of halogens is 1. The van der Waals surface area contributed by atoms with Gasteiger partial charge in [-0.2, -0.15) is 5.10 Å². The minimum Gasteiger partial charge on any atom is -0.335 e. The number of hydrogen-bond donors (Lipinski definition) is 1. The summed E-state index contributed by atoms with van der Waals surface area (Å²) in [5.41, 5.74) is 8.27. The van der Waals surface area contributed by atoms with Crippen molar-refractivity contribution in [2.24, 2.45) is 11.7 Å². The molecule has 1 aliphatic rings. The van der Waals surface area contributed by atoms with Crippen molar-refractivity contribution in [3.05, 3.63) is 47.8 Å². The van der Waals surface area contributed by atoms with Gasteiger partial charge in [-0.05, 0) is 44.9 Å². The van der Waals surface area contributed by atoms with Crippen LogP contribution in [0.4, 0.5) is 0 Å². The molecule has 1 fully saturated rings. The second-order valence-corrected chi connectivity index (χ2v) is 6.03. The SMILES string of the molecule is Cc1c(C(=O)N2CC(CN)CC2C)cnn1-c1ccccc1.Cl. The van der Waals surface area contributed by atoms with Gasteiger partial charge in [0.2, 0.25) is 0 Å². The Bertz CT molecular complexity index is 670. The summed E-state index contributed by atoms with van der Waals surface area (Å²) in [5, 5.41) is 4.39. The minimum absolute atomic E-state index is 0. The second-order valence-electron chi connectivity index (χ2n) is 6.03. The molecule has 2 unspecified atom stereocenters. The van der Waals surface area contributed by atoms with Crippen molar-refractivity contribution >= 4 is 18.3 Å². The Hall–Kier alpha value is -1.85. The minimum atomic E-state index is 0. The van der Waals surface area contributed by atoms with Gasteiger partial charge in [0.15, 0.2) is 0 Å². The van der Waals surface area contributed by atoms with Crippen LogP contribution in [0.15, 0.2) is 36.5 Å². The van der Waals surface area contributed by atoms with Crippen LogP contribution < -0.4 is 5.73 Å². The van der Waals surface area contributed by atoms with Gasteiger partial charge in [-0.1, -0.05) is 18.2 Å². The van der Waals surface area contributed by atoms with E-state index in [1.807, 2.05) is 46.8 Å². The molecule has 1 amide bonds. The summed E-state index contributed by atoms with van der Waals surface area (Å²) in [7, 11) is 0. The number of para-hydroxylation sites is 1. The summed E-state index contributed by atoms with van der Waals surface area (Å²) in [6.07, 6.45) is 2.65. The van der Waals surface area contributed by atoms with Crippen molar-refractivity contribution < 1.29 is 4.79 Å². The van der Waals surface area contributed by atoms with E-state index in [1.54, 1.807) is 6.20 Å². The highest BCUT2D eigenvalue weighted by Gasteiger charge is 2.33. The van der Waals surface area contributed by atoms with E-state index in [-0.39, 0.29) is 24.4 Å². The number of carbonyl (C=O) groups is 1. The summed E-state index contributed by atoms with van der Waals surface area (Å²) >= 11 is 0. The van der Waals surface area contributed by atoms with Crippen molar-refractivity contribution in [1.82, 2.24) is 14.7 Å². The first-order chi connectivity index (χ1) is 10.6. The van der Waals surface area contributed by atoms with Gasteiger partial charge in [0.25, 0.3) is 5.91 Å². The van der Waals surface area contributed by atoms with E-state index in [0.29, 0.717) is 18.0 Å². The van der Waals surface area contributed by atoms with Crippen LogP contribution in [0, 0.1) is 12.8 Å². The van der Waals surface area contributed by atoms with Gasteiger partial charge in [0.05, 0.1) is 23.1 Å². The Balaban J connectivity index is 0.00000192. The predicted octanol–water partition coefficient (Wildman–Crippen LogP) is 2.41. The number of nitrogens with zero attached hydrogens (tertiary/aromatic N) is 3. The van der Waals surface area contributed by atoms with Gasteiger partial charge in [0.1, 0.15) is 0 Å². The van der Waals surface area contributed by atoms with Crippen molar-refractivity contribution in [2.75, 3.05) is 13.1 Å². The zero-order valence-corrected chi connectivity index (χ0v) is 14.3. The Morgan fingerprint density at radius 1 is 1.35 bits per heavy atom. The molecule has 2 heterocycles. The first-order valence-corrected chi connectivity index (χ1v) is 7.73. The molecule has 5 nitrogen and oxygen atoms in total. The van der Waals surface area contributed by atoms with Gasteiger partial charge in [-0.3, -0.25) is 4.79 Å². The third-order valence-electron chi connectivity index (χ3n) is 4.50. The van der Waals surface area contributed by atoms with Crippen LogP contribution in [-0.4, -0.2) is 39.7 Å². The first-order valence-electron chi connectivity index (χ1n) is 7.73. The molecule has 2 aromatic rings. The van der Waals surface area contributed by atoms with Gasteiger partial charge < -0.3 is 10.6 Å². The van der Waals surface area contributed by atoms with Crippen LogP contribution >= 0.6 is 12.4 Å². The largest absolute Gasteiger partial charge is 0.335 e. The highest BCUT2D eigenvalue weighted by Crippen LogP contribution is 2.25. The number of aromatic nitrogens is 2. The van der Waals surface area contributed by atoms with Crippen LogP contribution in [0.5, 0.6) is 0 Å². The highest BCUT2D eigenvalue weighted by atomic mass is 35.5. The summed E-state index contributed by atoms with van der Waals surface area (Å²) in [5.74, 6) is 0.464. The van der Waals surface area contributed by atoms with Crippen LogP contribution in [0.25, 0.3) is 5.69 Å². The molecule has 1 aromatic heterocycles. The summed E-state index contributed by atoms with van der Waals surface area (Å²) in [6, 6.07) is 10.1. The quantitative estimate of drug-likeness (QED) is 0.937. The Labute approximate surface area is 142 Å². The number of hydrogen-bond acceptors (Lipinski definition) is 3. The number of likely N-dealkylation sites (tertiary alicyclic amines) is 1. The van der Waals surface area contributed by atoms with E-state index in [1.165, 1.54) is 0 Å². The molecule has 1 aliphatic heterocycles. The lowest BCUT2D eigenvalue weighted by atomic mass is 10.1. The van der Waals surface area contributed by atoms with E-state index in [2.05, 4.69) is 12.0 Å². The Morgan fingerprint density at radius 2 is 2.04 bits per heavy atom. The van der Waals surface area contributed by atoms with E-state index in [0.717, 1.165) is 24.3 Å². The average Bonchev–Trinajstić information content (AvgIpc) is 3.10. The standard InChI is InChI=1S/C17H22N4O.ClH/c1-12-8-14(9-18)11-20(12)17(22)16-10-19-21(13(16)2)15-6-4-3-5-7-15;/h3-7,10,12,14H,8-9,11,18H2,1-2H3;1H. The maximum absolute atomic E-state index is 12.8. The van der Waals surface area contributed by atoms with Crippen molar-refractivity contribution in [2.45, 2.75) is 26.3 Å². The lowest BCUT2D eigenvalue weighted by molar-refractivity contribution is 0.0742. The molecule has 2 N–H and O–H groups in total. The third-order valence-corrected chi connectivity index (χ3v) is 4.50. The molecule has 0 spiro atoms. The fourth-order valence-corrected chi connectivity index (χ4v) is 3.20. The second kappa shape index (κ2) is 7.15. The molecule has 124 valence electrons. The molecular formula is C17H23ClN4O. The molecule has 23 heavy (non-hydrogen) atoms. The lowest BCUT2D eigenvalue weighted by Crippen LogP contribution is -2.34. The van der Waals surface area contributed by atoms with Crippen molar-refractivity contribution in [3.63, 3.8) is 0 Å². The zero-order chi connectivity index (χ0) is 15.7. The molecule has 0 bridgehead atoms. The lowest BCUT2D eigenvalue weighted by Gasteiger charge is -2.21. The number of carbonyl (C=O) groups excluding carboxylic acids is 1. The number of amides is 1. The molecule has 0 saturated carbocycles. The Morgan fingerprint density at radius 3 is 2.65 bits per heavy atom. The molecule has 0 radical (unpaired) electrons. The molecule has 3 rings (SSSR count). The van der Waals surface area contributed by atoms with Crippen LogP contribution in [0.2, 0.25) is 0 Å². The maximum Gasteiger partial charge on any atom is 0.257 e. The molecular weight excluding hydrogens is 312 g/mol. The van der Waals surface area contributed by atoms with Gasteiger partial charge in [0, 0.05) is 12.6 Å². The number of nitrogens with two attached hydrogens (primary N) is 1. The van der Waals surface area contributed by atoms with Crippen LogP contribution in [0.1, 0.15) is 29.4 Å². The van der Waals surface area contributed by atoms with Crippen molar-refractivity contribution in [3.8, 4) is 5.69 Å². The summed E-state index contributed by atoms with van der Waals surface area (Å²) in [4.78, 5) is 14.7. The molecule has 0 aliphatic carbocycles. The smallest absolute Gasteiger partial charge is 0.257 e. The molecule has 1 aromatic carbocycles. The van der Waals surface area contributed by atoms with Gasteiger partial charge in [-0.25, -0.2) is 4.68 Å². The first kappa shape index (κ1) is 17.5. The average molecular weight is 335 g/mol. The number of benzene rings is 1. The van der Waals surface area contributed by atoms with Crippen LogP contribution in [0.3, 0.4) is 0 Å². The van der Waals surface area contributed by atoms with E-state index in [9.17, 15) is 4.79 Å². The normalized spacial score (nSPS) is 20.4. The van der Waals surface area contributed by atoms with Gasteiger partial charge in [-0.15, -0.1) is 12.4 Å². The van der Waals surface area contributed by atoms with Crippen LogP contribution in [-0.2, 0) is 0 Å². The van der Waals surface area contributed by atoms with E-state index in [4.69, 9.17) is 5.73 Å². The zero-order valence-electron chi connectivity index (χ0n) is 13.5. The van der Waals surface area contributed by atoms with E-state index >= 15 is 0 Å². The predicted molar refractivity (Wildman–Crippen MR) is 93.2 cm³/mol. The summed E-state index contributed by atoms with van der Waals surface area (Å²) < 4.78 is 1.81. The molecule has 6 heteroatoms. The maximum atomic E-state index is 12.8. The molecule has 1 saturated heterocycles.